The molecule has 0 radical (unpaired) electrons. The van der Waals surface area contributed by atoms with Crippen LogP contribution in [0.5, 0.6) is 11.5 Å². The van der Waals surface area contributed by atoms with E-state index in [1.54, 1.807) is 6.92 Å². The highest BCUT2D eigenvalue weighted by atomic mass is 16.6. The highest BCUT2D eigenvalue weighted by Gasteiger charge is 2.72. The summed E-state index contributed by atoms with van der Waals surface area (Å²) < 4.78 is 16.6. The first-order valence-electron chi connectivity index (χ1n) is 16.0. The molecular formula is C35H38N2O14. The van der Waals surface area contributed by atoms with Gasteiger partial charge in [0.25, 0.3) is 5.91 Å². The third-order valence-corrected chi connectivity index (χ3v) is 10.5. The van der Waals surface area contributed by atoms with E-state index in [-0.39, 0.29) is 16.7 Å². The van der Waals surface area contributed by atoms with Crippen LogP contribution in [-0.2, 0) is 26.2 Å². The van der Waals surface area contributed by atoms with E-state index < -0.39 is 135 Å². The average molecular weight is 711 g/mol. The van der Waals surface area contributed by atoms with Crippen molar-refractivity contribution in [3.63, 3.8) is 0 Å². The predicted molar refractivity (Wildman–Crippen MR) is 173 cm³/mol. The number of carbonyl (C=O) groups is 5. The molecule has 1 saturated heterocycles. The number of benzene rings is 2. The number of aliphatic hydroxyl groups is 4. The van der Waals surface area contributed by atoms with Gasteiger partial charge in [-0.25, -0.2) is 0 Å². The Balaban J connectivity index is 1.52. The molecule has 6 rings (SSSR count). The molecule has 1 aliphatic heterocycles. The molecule has 1 amide bonds. The summed E-state index contributed by atoms with van der Waals surface area (Å²) in [5, 5.41) is 70.6. The molecule has 272 valence electrons. The fraction of sp³-hybridized carbons (Fsp3) is 0.457. The second-order valence-electron chi connectivity index (χ2n) is 13.4. The van der Waals surface area contributed by atoms with Gasteiger partial charge in [0.15, 0.2) is 17.0 Å². The zero-order chi connectivity index (χ0) is 37.6. The highest BCUT2D eigenvalue weighted by Crippen LogP contribution is 2.56. The number of aryl methyl sites for hydroxylation is 1. The van der Waals surface area contributed by atoms with Gasteiger partial charge in [0.2, 0.25) is 17.3 Å². The van der Waals surface area contributed by atoms with E-state index in [0.29, 0.717) is 0 Å². The van der Waals surface area contributed by atoms with Crippen molar-refractivity contribution in [1.82, 2.24) is 10.2 Å². The monoisotopic (exact) mass is 710 g/mol. The van der Waals surface area contributed by atoms with Crippen molar-refractivity contribution in [2.24, 2.45) is 5.92 Å². The first-order chi connectivity index (χ1) is 23.9. The number of amides is 1. The van der Waals surface area contributed by atoms with E-state index in [9.17, 15) is 54.6 Å². The Morgan fingerprint density at radius 3 is 2.29 bits per heavy atom. The summed E-state index contributed by atoms with van der Waals surface area (Å²) in [6, 6.07) is 2.23. The summed E-state index contributed by atoms with van der Waals surface area (Å²) in [4.78, 5) is 70.9. The molecule has 4 aliphatic rings. The molecule has 2 aromatic carbocycles. The number of ketones is 4. The fourth-order valence-electron chi connectivity index (χ4n) is 8.03. The summed E-state index contributed by atoms with van der Waals surface area (Å²) in [6.45, 7) is 2.48. The molecule has 0 bridgehead atoms. The van der Waals surface area contributed by atoms with Crippen LogP contribution in [0.3, 0.4) is 0 Å². The summed E-state index contributed by atoms with van der Waals surface area (Å²) in [5.41, 5.74) is -9.86. The van der Waals surface area contributed by atoms with Crippen molar-refractivity contribution in [2.45, 2.75) is 62.1 Å². The number of rotatable bonds is 6. The summed E-state index contributed by atoms with van der Waals surface area (Å²) in [7, 11) is 5.10. The molecule has 0 saturated carbocycles. The van der Waals surface area contributed by atoms with Crippen LogP contribution >= 0.6 is 0 Å². The summed E-state index contributed by atoms with van der Waals surface area (Å²) in [6.07, 6.45) is -5.57. The number of nitrogens with one attached hydrogen (secondary N) is 1. The number of Topliss-reactive ketones (excluding diaryl/α,β-unsaturated/α-hetero) is 3. The van der Waals surface area contributed by atoms with Gasteiger partial charge in [-0.15, -0.1) is 0 Å². The van der Waals surface area contributed by atoms with E-state index in [0.717, 1.165) is 24.2 Å². The first kappa shape index (κ1) is 36.2. The van der Waals surface area contributed by atoms with Gasteiger partial charge in [0.05, 0.1) is 53.2 Å². The molecule has 7 N–H and O–H groups in total. The van der Waals surface area contributed by atoms with E-state index in [2.05, 4.69) is 5.32 Å². The van der Waals surface area contributed by atoms with E-state index in [1.807, 2.05) is 0 Å². The number of carbonyl (C=O) groups excluding carboxylic acids is 5. The van der Waals surface area contributed by atoms with Crippen LogP contribution in [0.2, 0.25) is 0 Å². The number of phenols is 2. The second-order valence-corrected chi connectivity index (χ2v) is 13.4. The molecular weight excluding hydrogens is 672 g/mol. The van der Waals surface area contributed by atoms with E-state index in [4.69, 9.17) is 14.2 Å². The minimum absolute atomic E-state index is 0.0217. The van der Waals surface area contributed by atoms with Gasteiger partial charge in [-0.1, -0.05) is 6.07 Å². The van der Waals surface area contributed by atoms with Crippen LogP contribution in [0.15, 0.2) is 23.9 Å². The van der Waals surface area contributed by atoms with Crippen molar-refractivity contribution in [3.05, 3.63) is 68.4 Å². The van der Waals surface area contributed by atoms with Crippen LogP contribution < -0.4 is 5.32 Å². The molecule has 1 fully saturated rings. The maximum absolute atomic E-state index is 14.7. The van der Waals surface area contributed by atoms with Gasteiger partial charge >= 0.3 is 0 Å². The van der Waals surface area contributed by atoms with Crippen LogP contribution in [-0.4, -0.2) is 136 Å². The molecule has 16 heteroatoms. The Hall–Kier alpha value is -4.55. The van der Waals surface area contributed by atoms with Crippen LogP contribution in [0.1, 0.15) is 75.4 Å². The number of fused-ring (bicyclic) bond motifs is 5. The normalized spacial score (nSPS) is 31.3. The van der Waals surface area contributed by atoms with Gasteiger partial charge in [-0.05, 0) is 31.0 Å². The molecule has 16 nitrogen and oxygen atoms in total. The zero-order valence-electron chi connectivity index (χ0n) is 28.5. The Morgan fingerprint density at radius 1 is 1.04 bits per heavy atom. The van der Waals surface area contributed by atoms with Crippen LogP contribution in [0, 0.1) is 12.8 Å². The number of allylic oxidation sites excluding steroid dienone is 2. The minimum Gasteiger partial charge on any atom is -0.507 e. The van der Waals surface area contributed by atoms with Gasteiger partial charge < -0.3 is 55.1 Å². The predicted octanol–water partition coefficient (Wildman–Crippen LogP) is -0.741. The quantitative estimate of drug-likeness (QED) is 0.195. The Kier molecular flexibility index (Phi) is 8.74. The maximum Gasteiger partial charge on any atom is 0.257 e. The Labute approximate surface area is 290 Å². The van der Waals surface area contributed by atoms with Crippen molar-refractivity contribution >= 4 is 29.0 Å². The number of hydrogen-bond acceptors (Lipinski definition) is 15. The first-order valence-corrected chi connectivity index (χ1v) is 16.0. The van der Waals surface area contributed by atoms with Gasteiger partial charge in [0, 0.05) is 57.5 Å². The minimum atomic E-state index is -3.22. The lowest BCUT2D eigenvalue weighted by molar-refractivity contribution is -0.214. The highest BCUT2D eigenvalue weighted by molar-refractivity contribution is 6.31. The average Bonchev–Trinajstić information content (AvgIpc) is 3.05. The lowest BCUT2D eigenvalue weighted by atomic mass is 9.56. The number of phenolic OH excluding ortho intramolecular Hbond substituents is 2. The second kappa shape index (κ2) is 12.3. The van der Waals surface area contributed by atoms with E-state index >= 15 is 0 Å². The molecule has 1 unspecified atom stereocenters. The lowest BCUT2D eigenvalue weighted by Gasteiger charge is -2.53. The molecule has 3 aliphatic carbocycles. The molecule has 2 aromatic rings. The van der Waals surface area contributed by atoms with Crippen LogP contribution in [0.4, 0.5) is 0 Å². The Bertz CT molecular complexity index is 1950. The summed E-state index contributed by atoms with van der Waals surface area (Å²) >= 11 is 0. The number of nitrogens with zero attached hydrogens (tertiary/aromatic N) is 1. The molecule has 51 heavy (non-hydrogen) atoms. The fourth-order valence-corrected chi connectivity index (χ4v) is 8.03. The van der Waals surface area contributed by atoms with Gasteiger partial charge in [-0.2, -0.15) is 0 Å². The van der Waals surface area contributed by atoms with Crippen molar-refractivity contribution < 1.29 is 68.8 Å². The van der Waals surface area contributed by atoms with Crippen molar-refractivity contribution in [2.75, 3.05) is 34.9 Å². The molecule has 0 spiro atoms. The number of aliphatic hydroxyl groups excluding tert-OH is 3. The molecule has 1 heterocycles. The summed E-state index contributed by atoms with van der Waals surface area (Å²) in [5.74, 6) is -8.31. The van der Waals surface area contributed by atoms with Crippen molar-refractivity contribution in [1.29, 1.82) is 0 Å². The van der Waals surface area contributed by atoms with Crippen LogP contribution in [0.25, 0.3) is 0 Å². The topological polar surface area (TPSA) is 250 Å². The third kappa shape index (κ3) is 4.68. The SMILES string of the molecule is CO[C@@H]1[C@@H](O)[C@@H](CO)C(NC2=CC(=O)c3c(cc4c(c3O)C(=O)[C@]3(OC)[C@H](O)Cc5cc(C)c(C(=O)N(C)C)c(O)c5[C@]3(O)C4=O)C2=O)O[C@H]1C. The zero-order valence-corrected chi connectivity index (χ0v) is 28.5. The van der Waals surface area contributed by atoms with Gasteiger partial charge in [-0.3, -0.25) is 24.0 Å². The smallest absolute Gasteiger partial charge is 0.257 e. The molecule has 8 atom stereocenters. The van der Waals surface area contributed by atoms with Crippen molar-refractivity contribution in [3.8, 4) is 11.5 Å². The largest absolute Gasteiger partial charge is 0.507 e. The Morgan fingerprint density at radius 2 is 1.71 bits per heavy atom. The number of hydrogen-bond donors (Lipinski definition) is 7. The van der Waals surface area contributed by atoms with E-state index in [1.165, 1.54) is 34.2 Å². The number of methoxy groups -OCH3 is 2. The third-order valence-electron chi connectivity index (χ3n) is 10.5. The molecule has 0 aromatic heterocycles. The number of ether oxygens (including phenoxy) is 3. The number of aromatic hydroxyl groups is 2. The lowest BCUT2D eigenvalue weighted by Crippen LogP contribution is -2.73. The van der Waals surface area contributed by atoms with Gasteiger partial charge in [0.1, 0.15) is 23.8 Å². The maximum atomic E-state index is 14.7. The standard InChI is InChI=1S/C35H38N2O14/c1-12-7-14-8-20(40)35(50-6)31(46)23-16(30(45)34(35,48)24(14)28(44)21(12)33(47)37(3)4)9-15-22(27(23)43)19(39)10-18(25(15)41)36-32-17(11-38)26(42)29(49-5)13(2)51-32/h7,9-10,13,17,20,26,29,32,36,38,40,42-44,48H,8,11H2,1-6H3/t13-,17+,20+,26-,29-,32?,34-,35+/m0/s1.